The highest BCUT2D eigenvalue weighted by Gasteiger charge is 2.33. The van der Waals surface area contributed by atoms with Gasteiger partial charge in [-0.1, -0.05) is 0 Å². The Labute approximate surface area is 134 Å². The molecule has 0 saturated heterocycles. The van der Waals surface area contributed by atoms with Crippen LogP contribution in [0.2, 0.25) is 0 Å². The summed E-state index contributed by atoms with van der Waals surface area (Å²) in [6, 6.07) is 2.09. The van der Waals surface area contributed by atoms with E-state index in [1.54, 1.807) is 17.8 Å². The van der Waals surface area contributed by atoms with Crippen LogP contribution in [0.5, 0.6) is 0 Å². The molecule has 0 bridgehead atoms. The van der Waals surface area contributed by atoms with E-state index in [0.717, 1.165) is 33.3 Å². The molecule has 0 amide bonds. The summed E-state index contributed by atoms with van der Waals surface area (Å²) in [5.74, 6) is 0. The molecule has 0 radical (unpaired) electrons. The second-order valence-corrected chi connectivity index (χ2v) is 6.77. The molecule has 0 unspecified atom stereocenters. The van der Waals surface area contributed by atoms with Crippen molar-refractivity contribution in [3.8, 4) is 5.69 Å². The van der Waals surface area contributed by atoms with Crippen molar-refractivity contribution in [1.82, 2.24) is 18.7 Å². The summed E-state index contributed by atoms with van der Waals surface area (Å²) in [6.07, 6.45) is 2.84. The molecule has 0 spiro atoms. The van der Waals surface area contributed by atoms with Gasteiger partial charge in [0.1, 0.15) is 23.0 Å². The van der Waals surface area contributed by atoms with E-state index in [-0.39, 0.29) is 10.6 Å². The third-order valence-electron chi connectivity index (χ3n) is 3.18. The number of halogens is 3. The summed E-state index contributed by atoms with van der Waals surface area (Å²) in [6.45, 7) is 0. The van der Waals surface area contributed by atoms with Gasteiger partial charge in [-0.15, -0.1) is 3.97 Å². The summed E-state index contributed by atoms with van der Waals surface area (Å²) >= 11 is 0. The monoisotopic (exact) mass is 358 g/mol. The summed E-state index contributed by atoms with van der Waals surface area (Å²) in [5, 5.41) is 3.83. The van der Waals surface area contributed by atoms with Gasteiger partial charge in [-0.3, -0.25) is 4.98 Å². The Hall–Kier alpha value is -2.69. The number of aryl methyl sites for hydroxylation is 1. The number of hydrogen-bond acceptors (Lipinski definition) is 4. The second-order valence-electron chi connectivity index (χ2n) is 4.93. The molecule has 0 aliphatic rings. The van der Waals surface area contributed by atoms with Crippen LogP contribution in [0.3, 0.4) is 0 Å². The smallest absolute Gasteiger partial charge is 0.252 e. The fourth-order valence-electron chi connectivity index (χ4n) is 1.99. The van der Waals surface area contributed by atoms with E-state index in [9.17, 15) is 21.6 Å². The molecule has 24 heavy (non-hydrogen) atoms. The van der Waals surface area contributed by atoms with Crippen LogP contribution < -0.4 is 4.57 Å². The van der Waals surface area contributed by atoms with Gasteiger partial charge in [-0.2, -0.15) is 26.7 Å². The minimum Gasteiger partial charge on any atom is -0.252 e. The molecule has 0 saturated carbocycles. The second kappa shape index (κ2) is 5.44. The van der Waals surface area contributed by atoms with E-state index < -0.39 is 21.9 Å². The summed E-state index contributed by atoms with van der Waals surface area (Å²) in [4.78, 5) is 3.10. The van der Waals surface area contributed by atoms with E-state index in [0.29, 0.717) is 0 Å². The van der Waals surface area contributed by atoms with Crippen molar-refractivity contribution in [2.75, 3.05) is 0 Å². The Bertz CT molecular complexity index is 991. The lowest BCUT2D eigenvalue weighted by Gasteiger charge is -2.07. The van der Waals surface area contributed by atoms with E-state index in [2.05, 4.69) is 10.1 Å². The van der Waals surface area contributed by atoms with Crippen LogP contribution >= 0.6 is 0 Å². The summed E-state index contributed by atoms with van der Waals surface area (Å²) < 4.78 is 66.5. The van der Waals surface area contributed by atoms with Gasteiger partial charge in [0, 0.05) is 6.20 Å². The zero-order chi connectivity index (χ0) is 17.5. The van der Waals surface area contributed by atoms with E-state index in [1.165, 1.54) is 18.6 Å². The minimum absolute atomic E-state index is 0.0526. The number of pyridine rings is 1. The molecule has 3 aromatic rings. The maximum absolute atomic E-state index is 12.7. The molecule has 0 aliphatic heterocycles. The van der Waals surface area contributed by atoms with Crippen molar-refractivity contribution in [2.24, 2.45) is 7.05 Å². The molecule has 3 aromatic heterocycles. The molecule has 3 rings (SSSR count). The van der Waals surface area contributed by atoms with E-state index in [4.69, 9.17) is 0 Å². The lowest BCUT2D eigenvalue weighted by atomic mass is 10.3. The molecule has 0 fully saturated rings. The highest BCUT2D eigenvalue weighted by atomic mass is 32.2. The number of aromatic nitrogens is 5. The quantitative estimate of drug-likeness (QED) is 0.659. The summed E-state index contributed by atoms with van der Waals surface area (Å²) in [7, 11) is -2.21. The first-order chi connectivity index (χ1) is 11.2. The molecule has 11 heteroatoms. The third kappa shape index (κ3) is 2.89. The van der Waals surface area contributed by atoms with E-state index in [1.807, 2.05) is 0 Å². The van der Waals surface area contributed by atoms with Crippen molar-refractivity contribution in [3.05, 3.63) is 55.1 Å². The molecule has 0 N–H and O–H groups in total. The SMILES string of the molecule is C[n+]1ccn(S(=O)(=O)c2cnn(-c3ccnc(C(F)(F)F)c3)c2)c1. The number of alkyl halides is 3. The molecule has 0 atom stereocenters. The number of hydrogen-bond donors (Lipinski definition) is 0. The standard InChI is InChI=1S/C13H11F3N5O2S/c1-19-4-5-20(9-19)24(22,23)11-7-18-21(8-11)10-2-3-17-12(6-10)13(14,15)16/h2-9H,1H3/q+1. The Morgan fingerprint density at radius 2 is 2.04 bits per heavy atom. The zero-order valence-corrected chi connectivity index (χ0v) is 13.0. The van der Waals surface area contributed by atoms with Gasteiger partial charge in [0.2, 0.25) is 0 Å². The lowest BCUT2D eigenvalue weighted by molar-refractivity contribution is -0.670. The Morgan fingerprint density at radius 1 is 1.29 bits per heavy atom. The first-order valence-corrected chi connectivity index (χ1v) is 7.99. The normalized spacial score (nSPS) is 12.5. The average Bonchev–Trinajstić information content (AvgIpc) is 3.16. The highest BCUT2D eigenvalue weighted by Crippen LogP contribution is 2.28. The van der Waals surface area contributed by atoms with Gasteiger partial charge in [-0.25, -0.2) is 9.25 Å². The maximum atomic E-state index is 12.7. The molecule has 126 valence electrons. The van der Waals surface area contributed by atoms with Crippen molar-refractivity contribution in [3.63, 3.8) is 0 Å². The Kier molecular flexibility index (Phi) is 3.67. The average molecular weight is 358 g/mol. The molecular weight excluding hydrogens is 347 g/mol. The van der Waals surface area contributed by atoms with Crippen LogP contribution in [0.4, 0.5) is 13.2 Å². The summed E-state index contributed by atoms with van der Waals surface area (Å²) in [5.41, 5.74) is -1.03. The van der Waals surface area contributed by atoms with Crippen LogP contribution in [0.25, 0.3) is 5.69 Å². The lowest BCUT2D eigenvalue weighted by Crippen LogP contribution is -2.25. The van der Waals surface area contributed by atoms with Gasteiger partial charge in [0.15, 0.2) is 0 Å². The first kappa shape index (κ1) is 16.2. The third-order valence-corrected chi connectivity index (χ3v) is 4.76. The van der Waals surface area contributed by atoms with Crippen molar-refractivity contribution in [1.29, 1.82) is 0 Å². The van der Waals surface area contributed by atoms with Crippen LogP contribution in [0, 0.1) is 0 Å². The number of imidazole rings is 1. The van der Waals surface area contributed by atoms with Crippen molar-refractivity contribution in [2.45, 2.75) is 11.1 Å². The fourth-order valence-corrected chi connectivity index (χ4v) is 3.13. The zero-order valence-electron chi connectivity index (χ0n) is 12.2. The van der Waals surface area contributed by atoms with E-state index >= 15 is 0 Å². The van der Waals surface area contributed by atoms with Crippen molar-refractivity contribution >= 4 is 10.0 Å². The molecule has 0 aliphatic carbocycles. The molecular formula is C13H11F3N5O2S+. The number of nitrogens with zero attached hydrogens (tertiary/aromatic N) is 5. The van der Waals surface area contributed by atoms with Gasteiger partial charge >= 0.3 is 16.2 Å². The fraction of sp³-hybridized carbons (Fsp3) is 0.154. The molecule has 3 heterocycles. The minimum atomic E-state index is -4.60. The highest BCUT2D eigenvalue weighted by molar-refractivity contribution is 7.90. The number of rotatable bonds is 3. The largest absolute Gasteiger partial charge is 0.433 e. The predicted octanol–water partition coefficient (Wildman–Crippen LogP) is 1.15. The van der Waals surface area contributed by atoms with Crippen LogP contribution in [-0.4, -0.2) is 27.2 Å². The molecule has 7 nitrogen and oxygen atoms in total. The Balaban J connectivity index is 2.00. The van der Waals surface area contributed by atoms with Gasteiger partial charge in [-0.05, 0) is 12.1 Å². The van der Waals surface area contributed by atoms with Gasteiger partial charge in [0.05, 0.1) is 25.1 Å². The first-order valence-electron chi connectivity index (χ1n) is 6.55. The van der Waals surface area contributed by atoms with Gasteiger partial charge in [0.25, 0.3) is 6.33 Å². The topological polar surface area (TPSA) is 73.7 Å². The van der Waals surface area contributed by atoms with Crippen LogP contribution in [0.1, 0.15) is 5.69 Å². The predicted molar refractivity (Wildman–Crippen MR) is 74.6 cm³/mol. The Morgan fingerprint density at radius 3 is 2.67 bits per heavy atom. The van der Waals surface area contributed by atoms with Crippen LogP contribution in [0.15, 0.2) is 54.3 Å². The molecule has 0 aromatic carbocycles. The van der Waals surface area contributed by atoms with Gasteiger partial charge < -0.3 is 0 Å². The van der Waals surface area contributed by atoms with Crippen LogP contribution in [-0.2, 0) is 23.2 Å². The maximum Gasteiger partial charge on any atom is 0.433 e. The van der Waals surface area contributed by atoms with Crippen molar-refractivity contribution < 1.29 is 26.2 Å².